The minimum atomic E-state index is -0.480. The quantitative estimate of drug-likeness (QED) is 0.813. The number of rotatable bonds is 7. The fraction of sp³-hybridized carbons (Fsp3) is 0.562. The predicted molar refractivity (Wildman–Crippen MR) is 89.0 cm³/mol. The first-order valence-electron chi connectivity index (χ1n) is 7.02. The monoisotopic (exact) mass is 314 g/mol. The number of hydrogen-bond donors (Lipinski definition) is 2. The highest BCUT2D eigenvalue weighted by Crippen LogP contribution is 2.27. The van der Waals surface area contributed by atoms with Crippen LogP contribution in [-0.4, -0.2) is 25.6 Å². The van der Waals surface area contributed by atoms with E-state index in [1.165, 1.54) is 0 Å². The number of methoxy groups -OCH3 is 1. The summed E-state index contributed by atoms with van der Waals surface area (Å²) in [6, 6.07) is 7.91. The van der Waals surface area contributed by atoms with E-state index in [2.05, 4.69) is 5.32 Å². The van der Waals surface area contributed by atoms with Gasteiger partial charge >= 0.3 is 0 Å². The van der Waals surface area contributed by atoms with Crippen LogP contribution in [0.5, 0.6) is 5.75 Å². The molecule has 120 valence electrons. The van der Waals surface area contributed by atoms with Crippen LogP contribution in [0.3, 0.4) is 0 Å². The van der Waals surface area contributed by atoms with Gasteiger partial charge in [-0.3, -0.25) is 4.79 Å². The van der Waals surface area contributed by atoms with Crippen molar-refractivity contribution in [3.8, 4) is 5.75 Å². The smallest absolute Gasteiger partial charge is 0.225 e. The number of amides is 1. The van der Waals surface area contributed by atoms with Crippen molar-refractivity contribution in [2.75, 3.05) is 13.7 Å². The zero-order valence-electron chi connectivity index (χ0n) is 13.3. The van der Waals surface area contributed by atoms with E-state index in [0.29, 0.717) is 13.0 Å². The normalized spacial score (nSPS) is 12.2. The Morgan fingerprint density at radius 1 is 1.38 bits per heavy atom. The third-order valence-corrected chi connectivity index (χ3v) is 3.32. The highest BCUT2D eigenvalue weighted by atomic mass is 35.5. The Morgan fingerprint density at radius 3 is 2.57 bits per heavy atom. The van der Waals surface area contributed by atoms with Gasteiger partial charge in [0, 0.05) is 18.0 Å². The van der Waals surface area contributed by atoms with Crippen molar-refractivity contribution in [1.29, 1.82) is 0 Å². The van der Waals surface area contributed by atoms with Gasteiger partial charge in [0.25, 0.3) is 0 Å². The van der Waals surface area contributed by atoms with Crippen LogP contribution in [0.25, 0.3) is 0 Å². The summed E-state index contributed by atoms with van der Waals surface area (Å²) in [6.45, 7) is 6.44. The van der Waals surface area contributed by atoms with E-state index in [4.69, 9.17) is 10.5 Å². The van der Waals surface area contributed by atoms with Crippen molar-refractivity contribution in [2.24, 2.45) is 11.1 Å². The van der Waals surface area contributed by atoms with Crippen molar-refractivity contribution < 1.29 is 9.53 Å². The predicted octanol–water partition coefficient (Wildman–Crippen LogP) is 2.54. The molecular weight excluding hydrogens is 288 g/mol. The SMILES string of the molecule is COc1ccccc1CC(C)(C)C(=O)NCCC(C)N.Cl. The van der Waals surface area contributed by atoms with E-state index in [-0.39, 0.29) is 24.4 Å². The van der Waals surface area contributed by atoms with Gasteiger partial charge < -0.3 is 15.8 Å². The van der Waals surface area contributed by atoms with E-state index >= 15 is 0 Å². The molecule has 0 fully saturated rings. The molecule has 1 unspecified atom stereocenters. The molecular formula is C16H27ClN2O2. The first-order valence-corrected chi connectivity index (χ1v) is 7.02. The third-order valence-electron chi connectivity index (χ3n) is 3.32. The molecule has 0 heterocycles. The number of hydrogen-bond acceptors (Lipinski definition) is 3. The largest absolute Gasteiger partial charge is 0.496 e. The second-order valence-electron chi connectivity index (χ2n) is 5.89. The Bertz CT molecular complexity index is 448. The third kappa shape index (κ3) is 6.36. The van der Waals surface area contributed by atoms with E-state index in [1.54, 1.807) is 7.11 Å². The molecule has 0 saturated carbocycles. The minimum Gasteiger partial charge on any atom is -0.496 e. The van der Waals surface area contributed by atoms with E-state index in [1.807, 2.05) is 45.0 Å². The Hall–Kier alpha value is -1.26. The molecule has 0 bridgehead atoms. The number of carbonyl (C=O) groups excluding carboxylic acids is 1. The molecule has 4 nitrogen and oxygen atoms in total. The first kappa shape index (κ1) is 19.7. The van der Waals surface area contributed by atoms with Crippen molar-refractivity contribution in [3.63, 3.8) is 0 Å². The van der Waals surface area contributed by atoms with Crippen LogP contribution in [0.1, 0.15) is 32.8 Å². The summed E-state index contributed by atoms with van der Waals surface area (Å²) in [7, 11) is 1.65. The lowest BCUT2D eigenvalue weighted by Gasteiger charge is -2.24. The molecule has 1 atom stereocenters. The standard InChI is InChI=1S/C16H26N2O2.ClH/c1-12(17)9-10-18-15(19)16(2,3)11-13-7-5-6-8-14(13)20-4;/h5-8,12H,9-11,17H2,1-4H3,(H,18,19);1H. The van der Waals surface area contributed by atoms with Crippen LogP contribution in [-0.2, 0) is 11.2 Å². The van der Waals surface area contributed by atoms with Crippen LogP contribution in [0.2, 0.25) is 0 Å². The van der Waals surface area contributed by atoms with Crippen LogP contribution >= 0.6 is 12.4 Å². The highest BCUT2D eigenvalue weighted by Gasteiger charge is 2.28. The summed E-state index contributed by atoms with van der Waals surface area (Å²) in [5.74, 6) is 0.869. The Kier molecular flexibility index (Phi) is 8.37. The van der Waals surface area contributed by atoms with Gasteiger partial charge in [-0.05, 0) is 31.4 Å². The fourth-order valence-electron chi connectivity index (χ4n) is 2.06. The molecule has 3 N–H and O–H groups in total. The van der Waals surface area contributed by atoms with Crippen LogP contribution in [0, 0.1) is 5.41 Å². The van der Waals surface area contributed by atoms with Gasteiger partial charge in [-0.1, -0.05) is 32.0 Å². The fourth-order valence-corrected chi connectivity index (χ4v) is 2.06. The van der Waals surface area contributed by atoms with Gasteiger partial charge in [-0.25, -0.2) is 0 Å². The van der Waals surface area contributed by atoms with Gasteiger partial charge in [-0.2, -0.15) is 0 Å². The molecule has 1 amide bonds. The van der Waals surface area contributed by atoms with Crippen LogP contribution in [0.4, 0.5) is 0 Å². The molecule has 5 heteroatoms. The minimum absolute atomic E-state index is 0. The van der Waals surface area contributed by atoms with Gasteiger partial charge in [0.15, 0.2) is 0 Å². The number of nitrogens with one attached hydrogen (secondary N) is 1. The number of para-hydroxylation sites is 1. The van der Waals surface area contributed by atoms with Gasteiger partial charge in [0.2, 0.25) is 5.91 Å². The Labute approximate surface area is 133 Å². The summed E-state index contributed by atoms with van der Waals surface area (Å²) in [5, 5.41) is 2.95. The maximum absolute atomic E-state index is 12.3. The second-order valence-corrected chi connectivity index (χ2v) is 5.89. The summed E-state index contributed by atoms with van der Waals surface area (Å²) < 4.78 is 5.34. The van der Waals surface area contributed by atoms with Gasteiger partial charge in [0.1, 0.15) is 5.75 Å². The van der Waals surface area contributed by atoms with Gasteiger partial charge in [-0.15, -0.1) is 12.4 Å². The number of benzene rings is 1. The summed E-state index contributed by atoms with van der Waals surface area (Å²) in [5.41, 5.74) is 6.25. The number of carbonyl (C=O) groups is 1. The maximum Gasteiger partial charge on any atom is 0.225 e. The number of halogens is 1. The molecule has 0 saturated heterocycles. The van der Waals surface area contributed by atoms with Crippen molar-refractivity contribution in [3.05, 3.63) is 29.8 Å². The average molecular weight is 315 g/mol. The molecule has 1 aromatic carbocycles. The number of nitrogens with two attached hydrogens (primary N) is 1. The van der Waals surface area contributed by atoms with Crippen LogP contribution in [0.15, 0.2) is 24.3 Å². The van der Waals surface area contributed by atoms with E-state index < -0.39 is 5.41 Å². The molecule has 21 heavy (non-hydrogen) atoms. The summed E-state index contributed by atoms with van der Waals surface area (Å²) in [4.78, 5) is 12.3. The lowest BCUT2D eigenvalue weighted by atomic mass is 9.84. The molecule has 0 spiro atoms. The molecule has 0 aliphatic rings. The lowest BCUT2D eigenvalue weighted by molar-refractivity contribution is -0.129. The zero-order valence-corrected chi connectivity index (χ0v) is 14.1. The van der Waals surface area contributed by atoms with E-state index in [9.17, 15) is 4.79 Å². The Balaban J connectivity index is 0.00000400. The average Bonchev–Trinajstić information content (AvgIpc) is 2.38. The first-order chi connectivity index (χ1) is 9.36. The number of ether oxygens (including phenoxy) is 1. The molecule has 0 radical (unpaired) electrons. The van der Waals surface area contributed by atoms with Gasteiger partial charge in [0.05, 0.1) is 7.11 Å². The van der Waals surface area contributed by atoms with Crippen molar-refractivity contribution >= 4 is 18.3 Å². The molecule has 0 aromatic heterocycles. The zero-order chi connectivity index (χ0) is 15.2. The second kappa shape index (κ2) is 8.90. The summed E-state index contributed by atoms with van der Waals surface area (Å²) in [6.07, 6.45) is 1.43. The molecule has 0 aliphatic heterocycles. The summed E-state index contributed by atoms with van der Waals surface area (Å²) >= 11 is 0. The molecule has 1 aromatic rings. The molecule has 1 rings (SSSR count). The Morgan fingerprint density at radius 2 is 2.00 bits per heavy atom. The lowest BCUT2D eigenvalue weighted by Crippen LogP contribution is -2.40. The topological polar surface area (TPSA) is 64.3 Å². The molecule has 0 aliphatic carbocycles. The highest BCUT2D eigenvalue weighted by molar-refractivity contribution is 5.85. The van der Waals surface area contributed by atoms with Crippen molar-refractivity contribution in [2.45, 2.75) is 39.7 Å². The maximum atomic E-state index is 12.3. The van der Waals surface area contributed by atoms with E-state index in [0.717, 1.165) is 17.7 Å². The van der Waals surface area contributed by atoms with Crippen LogP contribution < -0.4 is 15.8 Å². The van der Waals surface area contributed by atoms with Crippen molar-refractivity contribution in [1.82, 2.24) is 5.32 Å².